The van der Waals surface area contributed by atoms with E-state index in [0.717, 1.165) is 18.0 Å². The van der Waals surface area contributed by atoms with Crippen molar-refractivity contribution in [3.8, 4) is 0 Å². The van der Waals surface area contributed by atoms with E-state index in [1.807, 2.05) is 30.3 Å². The highest BCUT2D eigenvalue weighted by molar-refractivity contribution is 5.38. The third-order valence-electron chi connectivity index (χ3n) is 2.96. The number of aromatic nitrogens is 2. The molecule has 2 rings (SSSR count). The van der Waals surface area contributed by atoms with Crippen LogP contribution in [0, 0.1) is 10.1 Å². The van der Waals surface area contributed by atoms with Crippen molar-refractivity contribution >= 4 is 11.6 Å². The second-order valence-electron chi connectivity index (χ2n) is 4.50. The topological polar surface area (TPSA) is 101 Å². The van der Waals surface area contributed by atoms with Crippen LogP contribution in [0.25, 0.3) is 0 Å². The molecule has 104 valence electrons. The van der Waals surface area contributed by atoms with Crippen LogP contribution in [0.1, 0.15) is 12.5 Å². The van der Waals surface area contributed by atoms with Crippen LogP contribution >= 0.6 is 0 Å². The summed E-state index contributed by atoms with van der Waals surface area (Å²) in [6, 6.07) is 9.34. The van der Waals surface area contributed by atoms with E-state index in [0.29, 0.717) is 0 Å². The quantitative estimate of drug-likeness (QED) is 0.635. The second-order valence-corrected chi connectivity index (χ2v) is 4.50. The molecule has 7 nitrogen and oxygen atoms in total. The number of aliphatic hydroxyl groups excluding tert-OH is 1. The number of benzene rings is 1. The van der Waals surface area contributed by atoms with E-state index in [4.69, 9.17) is 0 Å². The fourth-order valence-corrected chi connectivity index (χ4v) is 1.74. The maximum atomic E-state index is 10.5. The third kappa shape index (κ3) is 2.89. The summed E-state index contributed by atoms with van der Waals surface area (Å²) in [6.45, 7) is 1.63. The smallest absolute Gasteiger partial charge is 0.305 e. The van der Waals surface area contributed by atoms with Crippen molar-refractivity contribution in [1.82, 2.24) is 9.97 Å². The molecule has 0 aliphatic carbocycles. The summed E-state index contributed by atoms with van der Waals surface area (Å²) < 4.78 is 0. The van der Waals surface area contributed by atoms with E-state index >= 15 is 0 Å². The molecule has 2 N–H and O–H groups in total. The number of anilines is 1. The Bertz CT molecular complexity index is 588. The Kier molecular flexibility index (Phi) is 3.90. The summed E-state index contributed by atoms with van der Waals surface area (Å²) in [5, 5.41) is 23.1. The van der Waals surface area contributed by atoms with Crippen LogP contribution < -0.4 is 5.32 Å². The molecule has 0 amide bonds. The first-order valence-corrected chi connectivity index (χ1v) is 5.96. The number of nitrogens with zero attached hydrogens (tertiary/aromatic N) is 3. The van der Waals surface area contributed by atoms with Crippen LogP contribution in [-0.2, 0) is 5.54 Å². The highest BCUT2D eigenvalue weighted by Gasteiger charge is 2.26. The zero-order chi connectivity index (χ0) is 14.6. The summed E-state index contributed by atoms with van der Waals surface area (Å²) in [5.41, 5.74) is -0.0809. The average molecular weight is 274 g/mol. The Hall–Kier alpha value is -2.54. The lowest BCUT2D eigenvalue weighted by Crippen LogP contribution is -2.36. The molecule has 2 aromatic rings. The fourth-order valence-electron chi connectivity index (χ4n) is 1.74. The Labute approximate surface area is 115 Å². The molecule has 0 saturated carbocycles. The molecule has 20 heavy (non-hydrogen) atoms. The normalized spacial score (nSPS) is 13.5. The van der Waals surface area contributed by atoms with Crippen LogP contribution in [0.3, 0.4) is 0 Å². The molecule has 1 aromatic heterocycles. The number of hydrogen-bond acceptors (Lipinski definition) is 6. The van der Waals surface area contributed by atoms with Gasteiger partial charge in [0.1, 0.15) is 12.4 Å². The van der Waals surface area contributed by atoms with Gasteiger partial charge in [0.2, 0.25) is 5.95 Å². The van der Waals surface area contributed by atoms with Gasteiger partial charge in [-0.1, -0.05) is 30.3 Å². The molecular weight excluding hydrogens is 260 g/mol. The van der Waals surface area contributed by atoms with Gasteiger partial charge < -0.3 is 10.4 Å². The zero-order valence-corrected chi connectivity index (χ0v) is 10.9. The summed E-state index contributed by atoms with van der Waals surface area (Å²) in [7, 11) is 0. The van der Waals surface area contributed by atoms with Crippen molar-refractivity contribution in [1.29, 1.82) is 0 Å². The minimum atomic E-state index is -0.766. The van der Waals surface area contributed by atoms with Gasteiger partial charge in [0.25, 0.3) is 0 Å². The van der Waals surface area contributed by atoms with E-state index in [-0.39, 0.29) is 18.2 Å². The standard InChI is InChI=1S/C13H14N4O3/c1-13(9-18,10-5-3-2-4-6-10)16-12-14-7-11(8-15-12)17(19)20/h2-8,18H,9H2,1H3,(H,14,15,16). The van der Waals surface area contributed by atoms with Gasteiger partial charge in [0.05, 0.1) is 17.1 Å². The van der Waals surface area contributed by atoms with Crippen molar-refractivity contribution in [2.75, 3.05) is 11.9 Å². The van der Waals surface area contributed by atoms with Crippen LogP contribution in [0.4, 0.5) is 11.6 Å². The Morgan fingerprint density at radius 1 is 1.30 bits per heavy atom. The van der Waals surface area contributed by atoms with Crippen molar-refractivity contribution < 1.29 is 10.0 Å². The van der Waals surface area contributed by atoms with Gasteiger partial charge >= 0.3 is 5.69 Å². The molecule has 1 aromatic carbocycles. The van der Waals surface area contributed by atoms with Crippen molar-refractivity contribution in [2.45, 2.75) is 12.5 Å². The van der Waals surface area contributed by atoms with Crippen LogP contribution in [-0.4, -0.2) is 26.6 Å². The number of nitrogens with one attached hydrogen (secondary N) is 1. The number of nitro groups is 1. The van der Waals surface area contributed by atoms with Gasteiger partial charge in [-0.05, 0) is 12.5 Å². The van der Waals surface area contributed by atoms with E-state index < -0.39 is 10.5 Å². The maximum Gasteiger partial charge on any atom is 0.305 e. The predicted octanol–water partition coefficient (Wildman–Crippen LogP) is 1.70. The average Bonchev–Trinajstić information content (AvgIpc) is 2.48. The molecule has 0 aliphatic heterocycles. The highest BCUT2D eigenvalue weighted by Crippen LogP contribution is 2.24. The Morgan fingerprint density at radius 3 is 2.40 bits per heavy atom. The summed E-state index contributed by atoms with van der Waals surface area (Å²) in [5.74, 6) is 0.219. The van der Waals surface area contributed by atoms with Crippen LogP contribution in [0.2, 0.25) is 0 Å². The maximum absolute atomic E-state index is 10.5. The first-order chi connectivity index (χ1) is 9.55. The molecule has 0 bridgehead atoms. The minimum Gasteiger partial charge on any atom is -0.394 e. The number of hydrogen-bond donors (Lipinski definition) is 2. The number of rotatable bonds is 5. The van der Waals surface area contributed by atoms with Gasteiger partial charge in [-0.25, -0.2) is 9.97 Å². The fraction of sp³-hybridized carbons (Fsp3) is 0.231. The Morgan fingerprint density at radius 2 is 1.90 bits per heavy atom. The molecule has 7 heteroatoms. The SMILES string of the molecule is CC(CO)(Nc1ncc([N+](=O)[O-])cn1)c1ccccc1. The summed E-state index contributed by atoms with van der Waals surface area (Å²) >= 11 is 0. The lowest BCUT2D eigenvalue weighted by atomic mass is 9.93. The molecule has 0 aliphatic rings. The monoisotopic (exact) mass is 274 g/mol. The van der Waals surface area contributed by atoms with E-state index in [1.54, 1.807) is 6.92 Å². The van der Waals surface area contributed by atoms with Gasteiger partial charge in [-0.3, -0.25) is 10.1 Å². The van der Waals surface area contributed by atoms with Crippen molar-refractivity contribution in [2.24, 2.45) is 0 Å². The highest BCUT2D eigenvalue weighted by atomic mass is 16.6. The molecule has 1 unspecified atom stereocenters. The van der Waals surface area contributed by atoms with E-state index in [2.05, 4.69) is 15.3 Å². The number of aliphatic hydroxyl groups is 1. The van der Waals surface area contributed by atoms with Crippen LogP contribution in [0.15, 0.2) is 42.7 Å². The lowest BCUT2D eigenvalue weighted by molar-refractivity contribution is -0.385. The lowest BCUT2D eigenvalue weighted by Gasteiger charge is -2.29. The molecular formula is C13H14N4O3. The molecule has 0 fully saturated rings. The molecule has 1 atom stereocenters. The molecule has 0 saturated heterocycles. The van der Waals surface area contributed by atoms with Gasteiger partial charge in [-0.15, -0.1) is 0 Å². The molecule has 1 heterocycles. The van der Waals surface area contributed by atoms with E-state index in [1.165, 1.54) is 0 Å². The Balaban J connectivity index is 2.24. The minimum absolute atomic E-state index is 0.169. The summed E-state index contributed by atoms with van der Waals surface area (Å²) in [6.07, 6.45) is 2.25. The van der Waals surface area contributed by atoms with Gasteiger partial charge in [-0.2, -0.15) is 0 Å². The van der Waals surface area contributed by atoms with Crippen molar-refractivity contribution in [3.63, 3.8) is 0 Å². The predicted molar refractivity (Wildman–Crippen MR) is 73.2 cm³/mol. The molecule has 0 radical (unpaired) electrons. The molecule has 0 spiro atoms. The first kappa shape index (κ1) is 13.9. The van der Waals surface area contributed by atoms with Gasteiger partial charge in [0.15, 0.2) is 0 Å². The van der Waals surface area contributed by atoms with Crippen LogP contribution in [0.5, 0.6) is 0 Å². The largest absolute Gasteiger partial charge is 0.394 e. The zero-order valence-electron chi connectivity index (χ0n) is 10.9. The first-order valence-electron chi connectivity index (χ1n) is 5.96. The van der Waals surface area contributed by atoms with Crippen molar-refractivity contribution in [3.05, 3.63) is 58.4 Å². The summed E-state index contributed by atoms with van der Waals surface area (Å²) in [4.78, 5) is 17.7. The third-order valence-corrected chi connectivity index (χ3v) is 2.96. The second kappa shape index (κ2) is 5.62. The van der Waals surface area contributed by atoms with Gasteiger partial charge in [0, 0.05) is 0 Å². The van der Waals surface area contributed by atoms with E-state index in [9.17, 15) is 15.2 Å².